The Balaban J connectivity index is 2.04. The summed E-state index contributed by atoms with van der Waals surface area (Å²) in [7, 11) is 0. The summed E-state index contributed by atoms with van der Waals surface area (Å²) in [6, 6.07) is 13.7. The first-order chi connectivity index (χ1) is 10.2. The first kappa shape index (κ1) is 15.0. The van der Waals surface area contributed by atoms with E-state index in [-0.39, 0.29) is 11.5 Å². The second kappa shape index (κ2) is 7.38. The molecule has 2 aromatic rings. The molecule has 0 bridgehead atoms. The number of carbonyl (C=O) groups excluding carboxylic acids is 1. The lowest BCUT2D eigenvalue weighted by atomic mass is 10.2. The first-order valence-corrected chi connectivity index (χ1v) is 6.40. The Kier molecular flexibility index (Phi) is 5.26. The summed E-state index contributed by atoms with van der Waals surface area (Å²) in [5.41, 5.74) is 1.41. The van der Waals surface area contributed by atoms with Gasteiger partial charge in [0.05, 0.1) is 6.61 Å². The number of aldehydes is 1. The van der Waals surface area contributed by atoms with Gasteiger partial charge in [-0.25, -0.2) is 0 Å². The zero-order chi connectivity index (χ0) is 15.1. The molecule has 110 valence electrons. The van der Waals surface area contributed by atoms with Crippen molar-refractivity contribution in [1.82, 2.24) is 0 Å². The van der Waals surface area contributed by atoms with Crippen LogP contribution in [0.5, 0.6) is 11.5 Å². The van der Waals surface area contributed by atoms with Gasteiger partial charge in [-0.1, -0.05) is 30.3 Å². The van der Waals surface area contributed by atoms with Crippen molar-refractivity contribution in [3.05, 3.63) is 59.7 Å². The second-order valence-corrected chi connectivity index (χ2v) is 4.29. The van der Waals surface area contributed by atoms with E-state index in [4.69, 9.17) is 4.74 Å². The van der Waals surface area contributed by atoms with Gasteiger partial charge in [0.15, 0.2) is 11.5 Å². The Hall–Kier alpha value is -2.43. The lowest BCUT2D eigenvalue weighted by Gasteiger charge is -2.12. The molecular formula is C16H14F2O3. The molecule has 0 heterocycles. The average Bonchev–Trinajstić information content (AvgIpc) is 2.49. The molecule has 2 aromatic carbocycles. The molecular weight excluding hydrogens is 278 g/mol. The van der Waals surface area contributed by atoms with Crippen LogP contribution >= 0.6 is 0 Å². The number of halogens is 2. The van der Waals surface area contributed by atoms with Crippen LogP contribution in [0.1, 0.15) is 15.9 Å². The number of hydrogen-bond acceptors (Lipinski definition) is 3. The molecule has 0 spiro atoms. The zero-order valence-corrected chi connectivity index (χ0v) is 11.2. The van der Waals surface area contributed by atoms with Gasteiger partial charge in [0.25, 0.3) is 0 Å². The van der Waals surface area contributed by atoms with Crippen molar-refractivity contribution in [2.75, 3.05) is 6.61 Å². The lowest BCUT2D eigenvalue weighted by Crippen LogP contribution is -2.07. The molecule has 0 unspecified atom stereocenters. The molecule has 5 heteroatoms. The molecule has 21 heavy (non-hydrogen) atoms. The van der Waals surface area contributed by atoms with Crippen LogP contribution in [0.2, 0.25) is 0 Å². The quantitative estimate of drug-likeness (QED) is 0.730. The van der Waals surface area contributed by atoms with Gasteiger partial charge in [0, 0.05) is 12.0 Å². The maximum atomic E-state index is 12.3. The third-order valence-corrected chi connectivity index (χ3v) is 2.81. The molecule has 2 rings (SSSR count). The van der Waals surface area contributed by atoms with E-state index in [1.807, 2.05) is 30.3 Å². The van der Waals surface area contributed by atoms with Crippen molar-refractivity contribution in [2.45, 2.75) is 13.0 Å². The Morgan fingerprint density at radius 1 is 1.05 bits per heavy atom. The summed E-state index contributed by atoms with van der Waals surface area (Å²) in [4.78, 5) is 10.7. The van der Waals surface area contributed by atoms with Gasteiger partial charge in [-0.3, -0.25) is 4.79 Å². The Labute approximate surface area is 121 Å². The Morgan fingerprint density at radius 3 is 2.48 bits per heavy atom. The highest BCUT2D eigenvalue weighted by molar-refractivity contribution is 5.76. The summed E-state index contributed by atoms with van der Waals surface area (Å²) >= 11 is 0. The number of ether oxygens (including phenoxy) is 2. The van der Waals surface area contributed by atoms with Crippen LogP contribution in [0.25, 0.3) is 0 Å². The number of alkyl halides is 2. The smallest absolute Gasteiger partial charge is 0.387 e. The van der Waals surface area contributed by atoms with Gasteiger partial charge >= 0.3 is 6.61 Å². The summed E-state index contributed by atoms with van der Waals surface area (Å²) in [5, 5.41) is 0. The van der Waals surface area contributed by atoms with Crippen molar-refractivity contribution >= 4 is 6.29 Å². The van der Waals surface area contributed by atoms with E-state index in [9.17, 15) is 13.6 Å². The molecule has 0 aromatic heterocycles. The standard InChI is InChI=1S/C16H14F2O3/c17-16(18)21-14-7-6-13(11-19)10-15(14)20-9-8-12-4-2-1-3-5-12/h1-7,10-11,16H,8-9H2. The molecule has 0 fully saturated rings. The van der Waals surface area contributed by atoms with E-state index in [1.54, 1.807) is 0 Å². The summed E-state index contributed by atoms with van der Waals surface area (Å²) in [6.07, 6.45) is 1.25. The predicted molar refractivity (Wildman–Crippen MR) is 74.1 cm³/mol. The van der Waals surface area contributed by atoms with Gasteiger partial charge in [-0.05, 0) is 23.8 Å². The number of hydrogen-bond donors (Lipinski definition) is 0. The van der Waals surface area contributed by atoms with Crippen LogP contribution in [0.4, 0.5) is 8.78 Å². The van der Waals surface area contributed by atoms with Gasteiger partial charge in [0.2, 0.25) is 0 Å². The van der Waals surface area contributed by atoms with Gasteiger partial charge < -0.3 is 9.47 Å². The average molecular weight is 292 g/mol. The SMILES string of the molecule is O=Cc1ccc(OC(F)F)c(OCCc2ccccc2)c1. The van der Waals surface area contributed by atoms with Crippen LogP contribution in [0.15, 0.2) is 48.5 Å². The fraction of sp³-hybridized carbons (Fsp3) is 0.188. The Bertz CT molecular complexity index is 585. The minimum absolute atomic E-state index is 0.0799. The Morgan fingerprint density at radius 2 is 1.81 bits per heavy atom. The van der Waals surface area contributed by atoms with E-state index >= 15 is 0 Å². The molecule has 0 N–H and O–H groups in total. The molecule has 0 saturated carbocycles. The van der Waals surface area contributed by atoms with Gasteiger partial charge in [0.1, 0.15) is 6.29 Å². The van der Waals surface area contributed by atoms with Crippen LogP contribution in [0.3, 0.4) is 0 Å². The fourth-order valence-electron chi connectivity index (χ4n) is 1.83. The molecule has 3 nitrogen and oxygen atoms in total. The summed E-state index contributed by atoms with van der Waals surface area (Å²) < 4.78 is 34.5. The third kappa shape index (κ3) is 4.56. The molecule has 0 aliphatic carbocycles. The van der Waals surface area contributed by atoms with E-state index < -0.39 is 6.61 Å². The van der Waals surface area contributed by atoms with Gasteiger partial charge in [-0.2, -0.15) is 8.78 Å². The molecule has 0 amide bonds. The molecule has 0 radical (unpaired) electrons. The third-order valence-electron chi connectivity index (χ3n) is 2.81. The maximum absolute atomic E-state index is 12.3. The number of benzene rings is 2. The lowest BCUT2D eigenvalue weighted by molar-refractivity contribution is -0.0514. The predicted octanol–water partition coefficient (Wildman–Crippen LogP) is 3.72. The van der Waals surface area contributed by atoms with Crippen molar-refractivity contribution < 1.29 is 23.0 Å². The topological polar surface area (TPSA) is 35.5 Å². The minimum Gasteiger partial charge on any atom is -0.489 e. The normalized spacial score (nSPS) is 10.4. The van der Waals surface area contributed by atoms with Crippen LogP contribution in [0, 0.1) is 0 Å². The fourth-order valence-corrected chi connectivity index (χ4v) is 1.83. The largest absolute Gasteiger partial charge is 0.489 e. The highest BCUT2D eigenvalue weighted by Gasteiger charge is 2.11. The van der Waals surface area contributed by atoms with Crippen molar-refractivity contribution in [2.24, 2.45) is 0 Å². The highest BCUT2D eigenvalue weighted by Crippen LogP contribution is 2.29. The van der Waals surface area contributed by atoms with Crippen molar-refractivity contribution in [3.63, 3.8) is 0 Å². The molecule has 0 atom stereocenters. The number of carbonyl (C=O) groups is 1. The monoisotopic (exact) mass is 292 g/mol. The van der Waals surface area contributed by atoms with E-state index in [0.29, 0.717) is 24.9 Å². The van der Waals surface area contributed by atoms with Crippen molar-refractivity contribution in [3.8, 4) is 11.5 Å². The van der Waals surface area contributed by atoms with Crippen molar-refractivity contribution in [1.29, 1.82) is 0 Å². The highest BCUT2D eigenvalue weighted by atomic mass is 19.3. The second-order valence-electron chi connectivity index (χ2n) is 4.29. The van der Waals surface area contributed by atoms with Crippen LogP contribution in [-0.2, 0) is 6.42 Å². The molecule has 0 aliphatic rings. The first-order valence-electron chi connectivity index (χ1n) is 6.40. The van der Waals surface area contributed by atoms with Gasteiger partial charge in [-0.15, -0.1) is 0 Å². The van der Waals surface area contributed by atoms with E-state index in [0.717, 1.165) is 5.56 Å². The van der Waals surface area contributed by atoms with E-state index in [1.165, 1.54) is 18.2 Å². The molecule has 0 saturated heterocycles. The minimum atomic E-state index is -2.94. The molecule has 0 aliphatic heterocycles. The summed E-state index contributed by atoms with van der Waals surface area (Å²) in [6.45, 7) is -2.64. The van der Waals surface area contributed by atoms with E-state index in [2.05, 4.69) is 4.74 Å². The van der Waals surface area contributed by atoms with Crippen LogP contribution in [-0.4, -0.2) is 19.5 Å². The van der Waals surface area contributed by atoms with Crippen LogP contribution < -0.4 is 9.47 Å². The zero-order valence-electron chi connectivity index (χ0n) is 11.2. The summed E-state index contributed by atoms with van der Waals surface area (Å²) in [5.74, 6) is 0.0551. The number of rotatable bonds is 7. The maximum Gasteiger partial charge on any atom is 0.387 e.